The fourth-order valence-electron chi connectivity index (χ4n) is 1.98. The maximum Gasteiger partial charge on any atom is 0.387 e. The number of ketones is 1. The lowest BCUT2D eigenvalue weighted by Gasteiger charge is -2.09. The molecular formula is C16H15F2N3O3. The predicted octanol–water partition coefficient (Wildman–Crippen LogP) is 2.14. The average Bonchev–Trinajstić information content (AvgIpc) is 2.54. The van der Waals surface area contributed by atoms with Gasteiger partial charge in [0, 0.05) is 37.2 Å². The third kappa shape index (κ3) is 4.03. The lowest BCUT2D eigenvalue weighted by atomic mass is 10.1. The van der Waals surface area contributed by atoms with Gasteiger partial charge < -0.3 is 10.1 Å². The Morgan fingerprint density at radius 3 is 2.79 bits per heavy atom. The summed E-state index contributed by atoms with van der Waals surface area (Å²) < 4.78 is 30.2. The number of benzene rings is 1. The van der Waals surface area contributed by atoms with Gasteiger partial charge in [0.15, 0.2) is 5.69 Å². The number of rotatable bonds is 6. The Balaban J connectivity index is 2.43. The molecule has 0 saturated heterocycles. The number of hydrogen-bond acceptors (Lipinski definition) is 5. The molecular weight excluding hydrogens is 320 g/mol. The number of Topliss-reactive ketones (excluding diaryl/α,β-unsaturated/α-hetero) is 1. The van der Waals surface area contributed by atoms with Crippen LogP contribution >= 0.6 is 0 Å². The summed E-state index contributed by atoms with van der Waals surface area (Å²) in [7, 11) is 1.63. The zero-order valence-electron chi connectivity index (χ0n) is 13.0. The first kappa shape index (κ1) is 17.3. The number of ether oxygens (including phenoxy) is 1. The second-order valence-corrected chi connectivity index (χ2v) is 4.79. The van der Waals surface area contributed by atoms with Crippen molar-refractivity contribution in [1.82, 2.24) is 15.1 Å². The molecule has 2 rings (SSSR count). The van der Waals surface area contributed by atoms with Gasteiger partial charge in [-0.1, -0.05) is 6.07 Å². The lowest BCUT2D eigenvalue weighted by molar-refractivity contribution is -0.0498. The van der Waals surface area contributed by atoms with Gasteiger partial charge >= 0.3 is 6.61 Å². The molecule has 1 aromatic carbocycles. The van der Waals surface area contributed by atoms with Crippen LogP contribution in [0.4, 0.5) is 8.78 Å². The number of carbonyl (C=O) groups excluding carboxylic acids is 1. The summed E-state index contributed by atoms with van der Waals surface area (Å²) in [6, 6.07) is 6.96. The van der Waals surface area contributed by atoms with E-state index >= 15 is 0 Å². The molecule has 0 radical (unpaired) electrons. The van der Waals surface area contributed by atoms with E-state index in [0.29, 0.717) is 11.3 Å². The van der Waals surface area contributed by atoms with Gasteiger partial charge in [0.25, 0.3) is 0 Å². The number of carbonyl (C=O) groups is 1. The first-order valence-corrected chi connectivity index (χ1v) is 6.96. The molecule has 1 N–H and O–H groups in total. The molecule has 1 aromatic heterocycles. The maximum atomic E-state index is 12.3. The SMILES string of the molecule is CN/C=C(\C)C(=O)c1nn(-c2cccc(OC(F)F)c2)ccc1=O. The molecule has 0 aliphatic carbocycles. The van der Waals surface area contributed by atoms with E-state index in [4.69, 9.17) is 0 Å². The Morgan fingerprint density at radius 2 is 2.12 bits per heavy atom. The van der Waals surface area contributed by atoms with E-state index in [9.17, 15) is 18.4 Å². The highest BCUT2D eigenvalue weighted by molar-refractivity contribution is 6.06. The smallest absolute Gasteiger partial charge is 0.387 e. The summed E-state index contributed by atoms with van der Waals surface area (Å²) in [5.74, 6) is -0.578. The zero-order chi connectivity index (χ0) is 17.7. The molecule has 0 bridgehead atoms. The van der Waals surface area contributed by atoms with Crippen LogP contribution in [-0.4, -0.2) is 29.2 Å². The van der Waals surface area contributed by atoms with Crippen molar-refractivity contribution in [2.24, 2.45) is 0 Å². The van der Waals surface area contributed by atoms with Crippen LogP contribution in [0, 0.1) is 0 Å². The fraction of sp³-hybridized carbons (Fsp3) is 0.188. The Hall–Kier alpha value is -3.03. The maximum absolute atomic E-state index is 12.3. The van der Waals surface area contributed by atoms with Crippen molar-refractivity contribution < 1.29 is 18.3 Å². The van der Waals surface area contributed by atoms with Crippen LogP contribution in [0.2, 0.25) is 0 Å². The number of hydrogen-bond donors (Lipinski definition) is 1. The highest BCUT2D eigenvalue weighted by Gasteiger charge is 2.15. The number of aromatic nitrogens is 2. The largest absolute Gasteiger partial charge is 0.435 e. The Kier molecular flexibility index (Phi) is 5.41. The molecule has 0 amide bonds. The summed E-state index contributed by atoms with van der Waals surface area (Å²) in [6.07, 6.45) is 2.80. The summed E-state index contributed by atoms with van der Waals surface area (Å²) in [5, 5.41) is 6.71. The van der Waals surface area contributed by atoms with Crippen LogP contribution in [0.3, 0.4) is 0 Å². The predicted molar refractivity (Wildman–Crippen MR) is 83.6 cm³/mol. The van der Waals surface area contributed by atoms with Gasteiger partial charge in [-0.15, -0.1) is 0 Å². The van der Waals surface area contributed by atoms with Crippen LogP contribution in [0.25, 0.3) is 5.69 Å². The molecule has 0 unspecified atom stereocenters. The second-order valence-electron chi connectivity index (χ2n) is 4.79. The van der Waals surface area contributed by atoms with Crippen LogP contribution in [0.5, 0.6) is 5.75 Å². The van der Waals surface area contributed by atoms with Gasteiger partial charge in [-0.25, -0.2) is 4.68 Å². The fourth-order valence-corrected chi connectivity index (χ4v) is 1.98. The highest BCUT2D eigenvalue weighted by Crippen LogP contribution is 2.18. The number of nitrogens with one attached hydrogen (secondary N) is 1. The van der Waals surface area contributed by atoms with Crippen molar-refractivity contribution in [3.05, 3.63) is 64.2 Å². The average molecular weight is 335 g/mol. The lowest BCUT2D eigenvalue weighted by Crippen LogP contribution is -2.21. The van der Waals surface area contributed by atoms with Gasteiger partial charge in [-0.05, 0) is 19.1 Å². The van der Waals surface area contributed by atoms with Gasteiger partial charge in [-0.3, -0.25) is 9.59 Å². The van der Waals surface area contributed by atoms with Crippen LogP contribution in [0.15, 0.2) is 53.1 Å². The molecule has 8 heteroatoms. The van der Waals surface area contributed by atoms with Gasteiger partial charge in [0.2, 0.25) is 11.2 Å². The summed E-state index contributed by atoms with van der Waals surface area (Å²) in [4.78, 5) is 24.1. The minimum absolute atomic E-state index is 0.0536. The van der Waals surface area contributed by atoms with Crippen molar-refractivity contribution in [3.63, 3.8) is 0 Å². The van der Waals surface area contributed by atoms with Crippen LogP contribution < -0.4 is 15.5 Å². The van der Waals surface area contributed by atoms with Gasteiger partial charge in [0.05, 0.1) is 5.69 Å². The minimum Gasteiger partial charge on any atom is -0.435 e. The number of allylic oxidation sites excluding steroid dienone is 1. The molecule has 0 aliphatic heterocycles. The zero-order valence-corrected chi connectivity index (χ0v) is 13.0. The van der Waals surface area contributed by atoms with E-state index in [1.54, 1.807) is 20.0 Å². The molecule has 0 fully saturated rings. The third-order valence-electron chi connectivity index (χ3n) is 3.05. The molecule has 126 valence electrons. The first-order valence-electron chi connectivity index (χ1n) is 6.96. The molecule has 0 spiro atoms. The van der Waals surface area contributed by atoms with E-state index in [1.807, 2.05) is 0 Å². The van der Waals surface area contributed by atoms with Crippen molar-refractivity contribution in [1.29, 1.82) is 0 Å². The molecule has 0 saturated carbocycles. The quantitative estimate of drug-likeness (QED) is 0.647. The van der Waals surface area contributed by atoms with Crippen molar-refractivity contribution >= 4 is 5.78 Å². The highest BCUT2D eigenvalue weighted by atomic mass is 19.3. The minimum atomic E-state index is -2.95. The normalized spacial score (nSPS) is 11.5. The summed E-state index contributed by atoms with van der Waals surface area (Å²) in [6.45, 7) is -1.40. The topological polar surface area (TPSA) is 73.2 Å². The number of alkyl halides is 2. The number of halogens is 2. The van der Waals surface area contributed by atoms with E-state index in [-0.39, 0.29) is 11.4 Å². The Labute approximate surface area is 136 Å². The van der Waals surface area contributed by atoms with E-state index in [1.165, 1.54) is 41.3 Å². The van der Waals surface area contributed by atoms with Crippen molar-refractivity contribution in [2.45, 2.75) is 13.5 Å². The Bertz CT molecular complexity index is 831. The van der Waals surface area contributed by atoms with Crippen LogP contribution in [0.1, 0.15) is 17.4 Å². The van der Waals surface area contributed by atoms with Crippen molar-refractivity contribution in [3.8, 4) is 11.4 Å². The Morgan fingerprint density at radius 1 is 1.38 bits per heavy atom. The molecule has 0 atom stereocenters. The molecule has 2 aromatic rings. The molecule has 1 heterocycles. The monoisotopic (exact) mass is 335 g/mol. The summed E-state index contributed by atoms with van der Waals surface area (Å²) >= 11 is 0. The van der Waals surface area contributed by atoms with E-state index in [2.05, 4.69) is 15.2 Å². The third-order valence-corrected chi connectivity index (χ3v) is 3.05. The molecule has 0 aliphatic rings. The first-order chi connectivity index (χ1) is 11.4. The standard InChI is InChI=1S/C16H15F2N3O3/c1-10(9-19-2)15(23)14-13(22)6-7-21(20-14)11-4-3-5-12(8-11)24-16(17)18/h3-9,16,19H,1-2H3/b10-9+. The van der Waals surface area contributed by atoms with Gasteiger partial charge in [-0.2, -0.15) is 13.9 Å². The molecule has 6 nitrogen and oxygen atoms in total. The summed E-state index contributed by atoms with van der Waals surface area (Å²) in [5.41, 5.74) is -0.103. The van der Waals surface area contributed by atoms with E-state index < -0.39 is 17.8 Å². The molecule has 24 heavy (non-hydrogen) atoms. The number of nitrogens with zero attached hydrogens (tertiary/aromatic N) is 2. The second kappa shape index (κ2) is 7.49. The van der Waals surface area contributed by atoms with Crippen molar-refractivity contribution in [2.75, 3.05) is 7.05 Å². The van der Waals surface area contributed by atoms with Gasteiger partial charge in [0.1, 0.15) is 5.75 Å². The van der Waals surface area contributed by atoms with Crippen LogP contribution in [-0.2, 0) is 0 Å². The van der Waals surface area contributed by atoms with E-state index in [0.717, 1.165) is 0 Å².